The normalized spacial score (nSPS) is 13.1. The first kappa shape index (κ1) is 12.8. The van der Waals surface area contributed by atoms with Crippen molar-refractivity contribution < 1.29 is 27.3 Å². The Balaban J connectivity index is 4.56. The van der Waals surface area contributed by atoms with Crippen LogP contribution in [0.4, 0.5) is 0 Å². The van der Waals surface area contributed by atoms with Crippen molar-refractivity contribution in [1.29, 1.82) is 0 Å². The maximum absolute atomic E-state index is 10.9. The van der Waals surface area contributed by atoms with Gasteiger partial charge < -0.3 is 10.1 Å². The molecule has 0 aromatic rings. The number of amides is 1. The number of carbonyl (C=O) groups excluding carboxylic acids is 2. The standard InChI is InChI=1S/C6H11NO6S/c1-4(8)7-5(6(9)13-2)3-14(10,11)12/h5H,3H2,1-2H3,(H,7,8)(H,10,11,12). The fraction of sp³-hybridized carbons (Fsp3) is 0.667. The first-order valence-corrected chi connectivity index (χ1v) is 5.17. The molecule has 0 spiro atoms. The van der Waals surface area contributed by atoms with Crippen LogP contribution in [0.25, 0.3) is 0 Å². The molecular weight excluding hydrogens is 214 g/mol. The SMILES string of the molecule is COC(=O)C(CS(=O)(=O)O)NC(C)=O. The number of hydrogen-bond acceptors (Lipinski definition) is 5. The van der Waals surface area contributed by atoms with Gasteiger partial charge in [-0.05, 0) is 0 Å². The molecule has 1 amide bonds. The Bertz CT molecular complexity index is 321. The van der Waals surface area contributed by atoms with Crippen molar-refractivity contribution in [3.63, 3.8) is 0 Å². The molecule has 0 heterocycles. The van der Waals surface area contributed by atoms with Gasteiger partial charge >= 0.3 is 5.97 Å². The maximum atomic E-state index is 10.9. The molecule has 0 aliphatic heterocycles. The molecule has 2 N–H and O–H groups in total. The van der Waals surface area contributed by atoms with Crippen LogP contribution in [0, 0.1) is 0 Å². The van der Waals surface area contributed by atoms with Crippen molar-refractivity contribution >= 4 is 22.0 Å². The number of carbonyl (C=O) groups is 2. The third-order valence-electron chi connectivity index (χ3n) is 1.24. The third kappa shape index (κ3) is 5.49. The monoisotopic (exact) mass is 225 g/mol. The Kier molecular flexibility index (Phi) is 4.51. The Labute approximate surface area is 81.2 Å². The molecule has 0 fully saturated rings. The van der Waals surface area contributed by atoms with E-state index < -0.39 is 33.8 Å². The van der Waals surface area contributed by atoms with Crippen molar-refractivity contribution in [3.8, 4) is 0 Å². The summed E-state index contributed by atoms with van der Waals surface area (Å²) in [5.74, 6) is -2.43. The van der Waals surface area contributed by atoms with E-state index in [0.717, 1.165) is 14.0 Å². The zero-order chi connectivity index (χ0) is 11.4. The maximum Gasteiger partial charge on any atom is 0.329 e. The van der Waals surface area contributed by atoms with Crippen LogP contribution in [0.2, 0.25) is 0 Å². The fourth-order valence-electron chi connectivity index (χ4n) is 0.767. The van der Waals surface area contributed by atoms with Crippen LogP contribution in [-0.4, -0.2) is 43.8 Å². The lowest BCUT2D eigenvalue weighted by Gasteiger charge is -2.13. The average molecular weight is 225 g/mol. The van der Waals surface area contributed by atoms with Crippen molar-refractivity contribution in [2.75, 3.05) is 12.9 Å². The molecule has 0 aromatic heterocycles. The highest BCUT2D eigenvalue weighted by atomic mass is 32.2. The van der Waals surface area contributed by atoms with E-state index in [1.54, 1.807) is 0 Å². The van der Waals surface area contributed by atoms with E-state index in [4.69, 9.17) is 4.55 Å². The molecule has 0 aliphatic carbocycles. The largest absolute Gasteiger partial charge is 0.467 e. The number of nitrogens with one attached hydrogen (secondary N) is 1. The highest BCUT2D eigenvalue weighted by molar-refractivity contribution is 7.85. The Morgan fingerprint density at radius 1 is 1.50 bits per heavy atom. The molecule has 82 valence electrons. The smallest absolute Gasteiger partial charge is 0.329 e. The Morgan fingerprint density at radius 2 is 2.00 bits per heavy atom. The zero-order valence-electron chi connectivity index (χ0n) is 7.68. The van der Waals surface area contributed by atoms with Gasteiger partial charge in [0.2, 0.25) is 5.91 Å². The van der Waals surface area contributed by atoms with Gasteiger partial charge in [-0.3, -0.25) is 9.35 Å². The van der Waals surface area contributed by atoms with Gasteiger partial charge in [0.05, 0.1) is 7.11 Å². The van der Waals surface area contributed by atoms with Crippen LogP contribution < -0.4 is 5.32 Å². The van der Waals surface area contributed by atoms with Crippen LogP contribution >= 0.6 is 0 Å². The molecule has 14 heavy (non-hydrogen) atoms. The molecule has 0 aliphatic rings. The van der Waals surface area contributed by atoms with Crippen LogP contribution in [0.15, 0.2) is 0 Å². The van der Waals surface area contributed by atoms with Gasteiger partial charge in [0.15, 0.2) is 0 Å². The van der Waals surface area contributed by atoms with Crippen molar-refractivity contribution in [2.24, 2.45) is 0 Å². The zero-order valence-corrected chi connectivity index (χ0v) is 8.50. The number of methoxy groups -OCH3 is 1. The summed E-state index contributed by atoms with van der Waals surface area (Å²) in [5, 5.41) is 2.03. The topological polar surface area (TPSA) is 110 Å². The first-order valence-electron chi connectivity index (χ1n) is 3.56. The number of ether oxygens (including phenoxy) is 1. The van der Waals surface area contributed by atoms with Crippen LogP contribution in [0.5, 0.6) is 0 Å². The molecule has 0 saturated heterocycles. The van der Waals surface area contributed by atoms with E-state index >= 15 is 0 Å². The van der Waals surface area contributed by atoms with Crippen molar-refractivity contribution in [3.05, 3.63) is 0 Å². The number of hydrogen-bond donors (Lipinski definition) is 2. The molecular formula is C6H11NO6S. The quantitative estimate of drug-likeness (QED) is 0.447. The second-order valence-corrected chi connectivity index (χ2v) is 4.02. The molecule has 7 nitrogen and oxygen atoms in total. The van der Waals surface area contributed by atoms with E-state index in [1.807, 2.05) is 5.32 Å². The van der Waals surface area contributed by atoms with Gasteiger partial charge in [0.25, 0.3) is 10.1 Å². The summed E-state index contributed by atoms with van der Waals surface area (Å²) in [6.07, 6.45) is 0. The number of rotatable bonds is 4. The fourth-order valence-corrected chi connectivity index (χ4v) is 1.41. The van der Waals surface area contributed by atoms with Crippen molar-refractivity contribution in [1.82, 2.24) is 5.32 Å². The minimum absolute atomic E-state index is 0.593. The summed E-state index contributed by atoms with van der Waals surface area (Å²) in [7, 11) is -3.30. The molecule has 0 saturated carbocycles. The molecule has 0 bridgehead atoms. The predicted octanol–water partition coefficient (Wildman–Crippen LogP) is -1.45. The molecule has 8 heteroatoms. The molecule has 0 radical (unpaired) electrons. The van der Waals surface area contributed by atoms with Crippen molar-refractivity contribution in [2.45, 2.75) is 13.0 Å². The highest BCUT2D eigenvalue weighted by Gasteiger charge is 2.25. The molecule has 1 atom stereocenters. The first-order chi connectivity index (χ1) is 6.26. The summed E-state index contributed by atoms with van der Waals surface area (Å²) in [5.41, 5.74) is 0. The predicted molar refractivity (Wildman–Crippen MR) is 46.0 cm³/mol. The average Bonchev–Trinajstić information content (AvgIpc) is 1.98. The number of esters is 1. The van der Waals surface area contributed by atoms with E-state index in [2.05, 4.69) is 4.74 Å². The second-order valence-electron chi connectivity index (χ2n) is 2.52. The second kappa shape index (κ2) is 4.91. The van der Waals surface area contributed by atoms with E-state index in [9.17, 15) is 18.0 Å². The van der Waals surface area contributed by atoms with Gasteiger partial charge in [-0.2, -0.15) is 8.42 Å². The molecule has 1 unspecified atom stereocenters. The Hall–Kier alpha value is -1.15. The van der Waals surface area contributed by atoms with E-state index in [1.165, 1.54) is 0 Å². The minimum Gasteiger partial charge on any atom is -0.467 e. The molecule has 0 aromatic carbocycles. The van der Waals surface area contributed by atoms with Crippen LogP contribution in [-0.2, 0) is 24.4 Å². The van der Waals surface area contributed by atoms with Gasteiger partial charge in [-0.1, -0.05) is 0 Å². The van der Waals surface area contributed by atoms with E-state index in [0.29, 0.717) is 0 Å². The lowest BCUT2D eigenvalue weighted by atomic mass is 10.3. The van der Waals surface area contributed by atoms with Gasteiger partial charge in [-0.15, -0.1) is 0 Å². The molecule has 0 rings (SSSR count). The summed E-state index contributed by atoms with van der Waals surface area (Å²) in [6.45, 7) is 1.11. The van der Waals surface area contributed by atoms with Gasteiger partial charge in [-0.25, -0.2) is 4.79 Å². The summed E-state index contributed by atoms with van der Waals surface area (Å²) >= 11 is 0. The summed E-state index contributed by atoms with van der Waals surface area (Å²) in [4.78, 5) is 21.5. The lowest BCUT2D eigenvalue weighted by Crippen LogP contribution is -2.45. The summed E-state index contributed by atoms with van der Waals surface area (Å²) < 4.78 is 33.6. The van der Waals surface area contributed by atoms with E-state index in [-0.39, 0.29) is 0 Å². The minimum atomic E-state index is -4.34. The highest BCUT2D eigenvalue weighted by Crippen LogP contribution is 1.94. The third-order valence-corrected chi connectivity index (χ3v) is 2.00. The van der Waals surface area contributed by atoms with Gasteiger partial charge in [0.1, 0.15) is 11.8 Å². The summed E-state index contributed by atoms with van der Waals surface area (Å²) in [6, 6.07) is -1.38. The van der Waals surface area contributed by atoms with Gasteiger partial charge in [0, 0.05) is 6.92 Å². The van der Waals surface area contributed by atoms with Crippen LogP contribution in [0.1, 0.15) is 6.92 Å². The lowest BCUT2D eigenvalue weighted by molar-refractivity contribution is -0.144. The Morgan fingerprint density at radius 3 is 2.29 bits per heavy atom. The van der Waals surface area contributed by atoms with Crippen LogP contribution in [0.3, 0.4) is 0 Å².